The summed E-state index contributed by atoms with van der Waals surface area (Å²) in [5, 5.41) is 9.03. The third-order valence-corrected chi connectivity index (χ3v) is 3.14. The molecule has 2 aromatic carbocycles. The van der Waals surface area contributed by atoms with E-state index in [1.807, 2.05) is 0 Å². The van der Waals surface area contributed by atoms with Crippen LogP contribution in [0.4, 0.5) is 13.2 Å². The summed E-state index contributed by atoms with van der Waals surface area (Å²) in [6, 6.07) is 4.81. The average molecular weight is 314 g/mol. The van der Waals surface area contributed by atoms with Gasteiger partial charge in [-0.2, -0.15) is 13.2 Å². The standard InChI is InChI=1S/C15H13F3O4/c1-3-22-10-6-5-9-8(12(10)14(19)20)4-7-11(21-2)13(9)15(16,17)18/h4-7H,3H2,1-2H3,(H,19,20). The number of fused-ring (bicyclic) bond motifs is 1. The highest BCUT2D eigenvalue weighted by Crippen LogP contribution is 2.43. The molecule has 0 aliphatic rings. The summed E-state index contributed by atoms with van der Waals surface area (Å²) >= 11 is 0. The van der Waals surface area contributed by atoms with Crippen molar-refractivity contribution in [3.05, 3.63) is 35.4 Å². The fourth-order valence-corrected chi connectivity index (χ4v) is 2.32. The molecule has 118 valence electrons. The molecule has 22 heavy (non-hydrogen) atoms. The van der Waals surface area contributed by atoms with E-state index in [1.54, 1.807) is 6.92 Å². The van der Waals surface area contributed by atoms with Gasteiger partial charge in [0, 0.05) is 5.39 Å². The number of carboxylic acid groups (broad SMARTS) is 1. The summed E-state index contributed by atoms with van der Waals surface area (Å²) in [4.78, 5) is 11.4. The molecule has 0 aromatic heterocycles. The van der Waals surface area contributed by atoms with Gasteiger partial charge >= 0.3 is 12.1 Å². The number of halogens is 3. The average Bonchev–Trinajstić information content (AvgIpc) is 2.44. The summed E-state index contributed by atoms with van der Waals surface area (Å²) in [5.41, 5.74) is -1.30. The van der Waals surface area contributed by atoms with Crippen molar-refractivity contribution in [1.82, 2.24) is 0 Å². The van der Waals surface area contributed by atoms with Crippen molar-refractivity contribution in [2.75, 3.05) is 13.7 Å². The lowest BCUT2D eigenvalue weighted by atomic mass is 9.98. The number of benzene rings is 2. The summed E-state index contributed by atoms with van der Waals surface area (Å²) in [5.74, 6) is -1.69. The van der Waals surface area contributed by atoms with E-state index in [-0.39, 0.29) is 34.4 Å². The first kappa shape index (κ1) is 15.9. The molecule has 0 unspecified atom stereocenters. The third-order valence-electron chi connectivity index (χ3n) is 3.14. The maximum Gasteiger partial charge on any atom is 0.420 e. The quantitative estimate of drug-likeness (QED) is 0.928. The predicted molar refractivity (Wildman–Crippen MR) is 73.6 cm³/mol. The molecule has 0 saturated heterocycles. The zero-order chi connectivity index (χ0) is 16.5. The highest BCUT2D eigenvalue weighted by atomic mass is 19.4. The van der Waals surface area contributed by atoms with Crippen LogP contribution in [0.25, 0.3) is 10.8 Å². The van der Waals surface area contributed by atoms with Gasteiger partial charge in [-0.3, -0.25) is 0 Å². The monoisotopic (exact) mass is 314 g/mol. The van der Waals surface area contributed by atoms with Gasteiger partial charge in [0.05, 0.1) is 13.7 Å². The third kappa shape index (κ3) is 2.66. The number of carboxylic acids is 1. The number of rotatable bonds is 4. The number of carbonyl (C=O) groups is 1. The number of ether oxygens (including phenoxy) is 2. The van der Waals surface area contributed by atoms with E-state index in [9.17, 15) is 23.1 Å². The Morgan fingerprint density at radius 3 is 2.23 bits per heavy atom. The van der Waals surface area contributed by atoms with Gasteiger partial charge in [0.1, 0.15) is 22.6 Å². The molecule has 0 fully saturated rings. The van der Waals surface area contributed by atoms with Crippen molar-refractivity contribution in [2.24, 2.45) is 0 Å². The molecule has 0 spiro atoms. The van der Waals surface area contributed by atoms with Crippen molar-refractivity contribution in [2.45, 2.75) is 13.1 Å². The van der Waals surface area contributed by atoms with Crippen LogP contribution in [0.2, 0.25) is 0 Å². The zero-order valence-electron chi connectivity index (χ0n) is 11.8. The SMILES string of the molecule is CCOc1ccc2c(C(F)(F)F)c(OC)ccc2c1C(=O)O. The molecule has 0 aliphatic carbocycles. The van der Waals surface area contributed by atoms with Crippen LogP contribution in [0.1, 0.15) is 22.8 Å². The second kappa shape index (κ2) is 5.75. The highest BCUT2D eigenvalue weighted by Gasteiger charge is 2.37. The Kier molecular flexibility index (Phi) is 4.16. The number of aromatic carboxylic acids is 1. The largest absolute Gasteiger partial charge is 0.496 e. The minimum atomic E-state index is -4.67. The molecule has 1 N–H and O–H groups in total. The van der Waals surface area contributed by atoms with Crippen molar-refractivity contribution < 1.29 is 32.5 Å². The number of alkyl halides is 3. The van der Waals surface area contributed by atoms with Crippen LogP contribution in [0, 0.1) is 0 Å². The lowest BCUT2D eigenvalue weighted by Gasteiger charge is -2.17. The van der Waals surface area contributed by atoms with Crippen LogP contribution < -0.4 is 9.47 Å². The maximum absolute atomic E-state index is 13.3. The van der Waals surface area contributed by atoms with Gasteiger partial charge in [-0.15, -0.1) is 0 Å². The van der Waals surface area contributed by atoms with Crippen molar-refractivity contribution in [1.29, 1.82) is 0 Å². The normalized spacial score (nSPS) is 11.5. The van der Waals surface area contributed by atoms with Gasteiger partial charge in [-0.1, -0.05) is 0 Å². The maximum atomic E-state index is 13.3. The Labute approximate surface area is 124 Å². The van der Waals surface area contributed by atoms with Gasteiger partial charge in [0.25, 0.3) is 0 Å². The van der Waals surface area contributed by atoms with E-state index in [0.29, 0.717) is 0 Å². The summed E-state index contributed by atoms with van der Waals surface area (Å²) in [6.45, 7) is 1.86. The van der Waals surface area contributed by atoms with Crippen LogP contribution in [0.15, 0.2) is 24.3 Å². The van der Waals surface area contributed by atoms with Crippen molar-refractivity contribution >= 4 is 16.7 Å². The molecule has 0 saturated carbocycles. The van der Waals surface area contributed by atoms with Gasteiger partial charge in [-0.25, -0.2) is 4.79 Å². The summed E-state index contributed by atoms with van der Waals surface area (Å²) in [6.07, 6.45) is -4.67. The number of hydrogen-bond acceptors (Lipinski definition) is 3. The molecule has 0 radical (unpaired) electrons. The van der Waals surface area contributed by atoms with Crippen LogP contribution >= 0.6 is 0 Å². The molecular formula is C15H13F3O4. The summed E-state index contributed by atoms with van der Waals surface area (Å²) in [7, 11) is 1.13. The predicted octanol–water partition coefficient (Wildman–Crippen LogP) is 3.96. The van der Waals surface area contributed by atoms with E-state index < -0.39 is 17.7 Å². The topological polar surface area (TPSA) is 55.8 Å². The van der Waals surface area contributed by atoms with Crippen LogP contribution in [0.5, 0.6) is 11.5 Å². The van der Waals surface area contributed by atoms with Crippen LogP contribution in [-0.2, 0) is 6.18 Å². The number of hydrogen-bond donors (Lipinski definition) is 1. The molecule has 7 heteroatoms. The zero-order valence-corrected chi connectivity index (χ0v) is 11.8. The second-order valence-electron chi connectivity index (χ2n) is 4.41. The smallest absolute Gasteiger partial charge is 0.420 e. The highest BCUT2D eigenvalue weighted by molar-refractivity contribution is 6.07. The van der Waals surface area contributed by atoms with E-state index in [0.717, 1.165) is 13.2 Å². The minimum absolute atomic E-state index is 0.0285. The van der Waals surface area contributed by atoms with Crippen molar-refractivity contribution in [3.8, 4) is 11.5 Å². The Hall–Kier alpha value is -2.44. The first-order chi connectivity index (χ1) is 10.3. The molecule has 0 atom stereocenters. The summed E-state index contributed by atoms with van der Waals surface area (Å²) < 4.78 is 49.8. The lowest BCUT2D eigenvalue weighted by Crippen LogP contribution is -2.10. The van der Waals surface area contributed by atoms with E-state index in [2.05, 4.69) is 0 Å². The van der Waals surface area contributed by atoms with Gasteiger partial charge in [0.2, 0.25) is 0 Å². The molecule has 2 aromatic rings. The number of methoxy groups -OCH3 is 1. The Bertz CT molecular complexity index is 723. The Balaban J connectivity index is 2.90. The van der Waals surface area contributed by atoms with Gasteiger partial charge < -0.3 is 14.6 Å². The van der Waals surface area contributed by atoms with Gasteiger partial charge in [0.15, 0.2) is 0 Å². The second-order valence-corrected chi connectivity index (χ2v) is 4.41. The van der Waals surface area contributed by atoms with Gasteiger partial charge in [-0.05, 0) is 36.6 Å². The minimum Gasteiger partial charge on any atom is -0.496 e. The fraction of sp³-hybridized carbons (Fsp3) is 0.267. The van der Waals surface area contributed by atoms with Crippen LogP contribution in [-0.4, -0.2) is 24.8 Å². The fourth-order valence-electron chi connectivity index (χ4n) is 2.32. The molecule has 0 amide bonds. The molecule has 4 nitrogen and oxygen atoms in total. The molecule has 0 bridgehead atoms. The Morgan fingerprint density at radius 2 is 1.73 bits per heavy atom. The first-order valence-electron chi connectivity index (χ1n) is 6.38. The molecule has 0 heterocycles. The van der Waals surface area contributed by atoms with E-state index in [1.165, 1.54) is 18.2 Å². The first-order valence-corrected chi connectivity index (χ1v) is 6.38. The van der Waals surface area contributed by atoms with Crippen LogP contribution in [0.3, 0.4) is 0 Å². The molecule has 2 rings (SSSR count). The van der Waals surface area contributed by atoms with Crippen molar-refractivity contribution in [3.63, 3.8) is 0 Å². The van der Waals surface area contributed by atoms with E-state index >= 15 is 0 Å². The molecular weight excluding hydrogens is 301 g/mol. The molecule has 0 aliphatic heterocycles. The Morgan fingerprint density at radius 1 is 1.14 bits per heavy atom. The van der Waals surface area contributed by atoms with E-state index in [4.69, 9.17) is 9.47 Å². The lowest BCUT2D eigenvalue weighted by molar-refractivity contribution is -0.137.